The van der Waals surface area contributed by atoms with Crippen LogP contribution in [-0.4, -0.2) is 37.4 Å². The average Bonchev–Trinajstić information content (AvgIpc) is 3.25. The first-order chi connectivity index (χ1) is 18.5. The third kappa shape index (κ3) is 5.61. The van der Waals surface area contributed by atoms with Crippen LogP contribution in [0.25, 0.3) is 22.4 Å². The van der Waals surface area contributed by atoms with Gasteiger partial charge in [0.25, 0.3) is 0 Å². The molecule has 2 aromatic carbocycles. The Morgan fingerprint density at radius 3 is 2.10 bits per heavy atom. The van der Waals surface area contributed by atoms with E-state index >= 15 is 0 Å². The summed E-state index contributed by atoms with van der Waals surface area (Å²) in [6.45, 7) is 3.32. The molecule has 39 heavy (non-hydrogen) atoms. The minimum atomic E-state index is -0.681. The summed E-state index contributed by atoms with van der Waals surface area (Å²) < 4.78 is 0. The maximum atomic E-state index is 8.56. The number of aromatic nitrogens is 3. The SMILES string of the molecule is CC(O)CC(C)O.[Ir].[c-]1ccccc1-c1cccc([C@@]2(c3ccccn3)c3ccccc3-c3cccnc32)n1. The fraction of sp³-hybridized carbons (Fsp3) is 0.182. The van der Waals surface area contributed by atoms with Gasteiger partial charge in [-0.15, -0.1) is 35.9 Å². The molecule has 3 aromatic heterocycles. The number of nitrogens with zero attached hydrogens (tertiary/aromatic N) is 3. The van der Waals surface area contributed by atoms with E-state index in [0.29, 0.717) is 6.42 Å². The van der Waals surface area contributed by atoms with Crippen molar-refractivity contribution in [1.29, 1.82) is 0 Å². The van der Waals surface area contributed by atoms with Gasteiger partial charge < -0.3 is 10.2 Å². The molecule has 0 saturated carbocycles. The van der Waals surface area contributed by atoms with Gasteiger partial charge in [0.1, 0.15) is 5.41 Å². The molecule has 0 fully saturated rings. The third-order valence-electron chi connectivity index (χ3n) is 6.63. The Balaban J connectivity index is 0.000000394. The largest absolute Gasteiger partial charge is 0.393 e. The van der Waals surface area contributed by atoms with Crippen molar-refractivity contribution < 1.29 is 30.3 Å². The smallest absolute Gasteiger partial charge is 0.122 e. The summed E-state index contributed by atoms with van der Waals surface area (Å²) in [5.41, 5.74) is 7.42. The van der Waals surface area contributed by atoms with Crippen molar-refractivity contribution in [3.8, 4) is 22.4 Å². The Kier molecular flexibility index (Phi) is 9.16. The maximum Gasteiger partial charge on any atom is 0.122 e. The number of hydrogen-bond donors (Lipinski definition) is 2. The van der Waals surface area contributed by atoms with Crippen LogP contribution in [0.3, 0.4) is 0 Å². The van der Waals surface area contributed by atoms with Crippen LogP contribution in [0.2, 0.25) is 0 Å². The summed E-state index contributed by atoms with van der Waals surface area (Å²) in [6.07, 6.45) is 3.42. The van der Waals surface area contributed by atoms with E-state index in [0.717, 1.165) is 39.5 Å². The van der Waals surface area contributed by atoms with E-state index in [9.17, 15) is 0 Å². The van der Waals surface area contributed by atoms with Gasteiger partial charge in [-0.1, -0.05) is 48.5 Å². The number of pyridine rings is 3. The number of hydrogen-bond acceptors (Lipinski definition) is 5. The molecule has 3 atom stereocenters. The zero-order valence-electron chi connectivity index (χ0n) is 21.8. The quantitative estimate of drug-likeness (QED) is 0.222. The Morgan fingerprint density at radius 1 is 0.718 bits per heavy atom. The van der Waals surface area contributed by atoms with Crippen LogP contribution in [-0.2, 0) is 25.5 Å². The number of aliphatic hydroxyl groups excluding tert-OH is 2. The van der Waals surface area contributed by atoms with Crippen molar-refractivity contribution in [3.05, 3.63) is 138 Å². The summed E-state index contributed by atoms with van der Waals surface area (Å²) in [4.78, 5) is 14.9. The molecule has 2 unspecified atom stereocenters. The van der Waals surface area contributed by atoms with Gasteiger partial charge >= 0.3 is 0 Å². The van der Waals surface area contributed by atoms with Crippen LogP contribution < -0.4 is 0 Å². The van der Waals surface area contributed by atoms with E-state index < -0.39 is 5.41 Å². The molecule has 6 heteroatoms. The first kappa shape index (κ1) is 28.5. The van der Waals surface area contributed by atoms with E-state index in [1.54, 1.807) is 13.8 Å². The summed E-state index contributed by atoms with van der Waals surface area (Å²) in [5.74, 6) is 0. The summed E-state index contributed by atoms with van der Waals surface area (Å²) in [6, 6.07) is 36.1. The summed E-state index contributed by atoms with van der Waals surface area (Å²) in [7, 11) is 0. The normalized spacial score (nSPS) is 16.5. The predicted molar refractivity (Wildman–Crippen MR) is 149 cm³/mol. The zero-order valence-corrected chi connectivity index (χ0v) is 24.2. The Hall–Kier alpha value is -3.54. The first-order valence-electron chi connectivity index (χ1n) is 12.8. The van der Waals surface area contributed by atoms with Gasteiger partial charge in [-0.3, -0.25) is 15.0 Å². The monoisotopic (exact) mass is 693 g/mol. The minimum absolute atomic E-state index is 0. The van der Waals surface area contributed by atoms with Crippen LogP contribution in [0.1, 0.15) is 42.9 Å². The Bertz CT molecular complexity index is 1460. The van der Waals surface area contributed by atoms with Crippen LogP contribution in [0.15, 0.2) is 109 Å². The standard InChI is InChI=1S/C28H18N3.C5H12O2.Ir/c1-2-10-20(11-3-1)24-15-8-17-26(31-24)28(25-16-6-7-18-29-25)23-14-5-4-12-21(23)22-13-9-19-30-27(22)28;1-4(6)3-5(2)7;/h1-10,12-19H;4-7H,3H2,1-2H3;/q-1;;/t28-;;/m0../s1. The van der Waals surface area contributed by atoms with Crippen molar-refractivity contribution in [3.63, 3.8) is 0 Å². The molecule has 0 amide bonds. The van der Waals surface area contributed by atoms with Crippen LogP contribution >= 0.6 is 0 Å². The van der Waals surface area contributed by atoms with Gasteiger partial charge in [-0.2, -0.15) is 0 Å². The molecule has 2 N–H and O–H groups in total. The van der Waals surface area contributed by atoms with Crippen molar-refractivity contribution in [2.45, 2.75) is 37.9 Å². The van der Waals surface area contributed by atoms with Gasteiger partial charge in [-0.05, 0) is 61.4 Å². The van der Waals surface area contributed by atoms with Crippen LogP contribution in [0.4, 0.5) is 0 Å². The molecule has 199 valence electrons. The number of rotatable bonds is 5. The second-order valence-electron chi connectivity index (χ2n) is 9.53. The molecule has 3 heterocycles. The Morgan fingerprint density at radius 2 is 1.41 bits per heavy atom. The number of benzene rings is 2. The fourth-order valence-corrected chi connectivity index (χ4v) is 5.17. The maximum absolute atomic E-state index is 8.56. The summed E-state index contributed by atoms with van der Waals surface area (Å²) in [5, 5.41) is 17.1. The molecule has 6 rings (SSSR count). The van der Waals surface area contributed by atoms with Crippen molar-refractivity contribution in [1.82, 2.24) is 15.0 Å². The van der Waals surface area contributed by atoms with Crippen molar-refractivity contribution in [2.24, 2.45) is 0 Å². The van der Waals surface area contributed by atoms with Gasteiger partial charge in [0.15, 0.2) is 0 Å². The minimum Gasteiger partial charge on any atom is -0.393 e. The Labute approximate surface area is 243 Å². The van der Waals surface area contributed by atoms with Crippen molar-refractivity contribution in [2.75, 3.05) is 0 Å². The first-order valence-corrected chi connectivity index (χ1v) is 12.8. The molecule has 0 spiro atoms. The molecular weight excluding hydrogens is 663 g/mol. The second-order valence-corrected chi connectivity index (χ2v) is 9.53. The number of aliphatic hydroxyl groups is 2. The summed E-state index contributed by atoms with van der Waals surface area (Å²) >= 11 is 0. The average molecular weight is 693 g/mol. The van der Waals surface area contributed by atoms with Gasteiger partial charge in [0, 0.05) is 38.1 Å². The molecular formula is C33H30IrN3O2-. The van der Waals surface area contributed by atoms with Crippen LogP contribution in [0, 0.1) is 6.07 Å². The van der Waals surface area contributed by atoms with Gasteiger partial charge in [0.2, 0.25) is 0 Å². The van der Waals surface area contributed by atoms with E-state index in [1.165, 1.54) is 5.56 Å². The topological polar surface area (TPSA) is 79.1 Å². The van der Waals surface area contributed by atoms with E-state index in [2.05, 4.69) is 54.6 Å². The molecule has 1 aliphatic rings. The fourth-order valence-electron chi connectivity index (χ4n) is 5.17. The molecule has 1 radical (unpaired) electrons. The number of fused-ring (bicyclic) bond motifs is 3. The van der Waals surface area contributed by atoms with Crippen molar-refractivity contribution >= 4 is 0 Å². The second kappa shape index (κ2) is 12.5. The predicted octanol–water partition coefficient (Wildman–Crippen LogP) is 5.84. The van der Waals surface area contributed by atoms with Crippen LogP contribution in [0.5, 0.6) is 0 Å². The van der Waals surface area contributed by atoms with E-state index in [4.69, 9.17) is 25.2 Å². The molecule has 5 aromatic rings. The van der Waals surface area contributed by atoms with Gasteiger partial charge in [0.05, 0.1) is 29.3 Å². The molecule has 0 aliphatic heterocycles. The molecule has 5 nitrogen and oxygen atoms in total. The molecule has 1 aliphatic carbocycles. The third-order valence-corrected chi connectivity index (χ3v) is 6.63. The van der Waals surface area contributed by atoms with E-state index in [1.807, 2.05) is 60.9 Å². The van der Waals surface area contributed by atoms with E-state index in [-0.39, 0.29) is 32.3 Å². The van der Waals surface area contributed by atoms with Gasteiger partial charge in [-0.25, -0.2) is 0 Å². The molecule has 0 saturated heterocycles. The molecule has 0 bridgehead atoms. The zero-order chi connectivity index (χ0) is 26.5.